The predicted molar refractivity (Wildman–Crippen MR) is 95.8 cm³/mol. The summed E-state index contributed by atoms with van der Waals surface area (Å²) >= 11 is 0. The van der Waals surface area contributed by atoms with Gasteiger partial charge in [0, 0.05) is 37.6 Å². The van der Waals surface area contributed by atoms with Gasteiger partial charge in [-0.15, -0.1) is 0 Å². The van der Waals surface area contributed by atoms with E-state index in [1.54, 1.807) is 0 Å². The molecule has 1 amide bonds. The van der Waals surface area contributed by atoms with Gasteiger partial charge in [0.15, 0.2) is 0 Å². The highest BCUT2D eigenvalue weighted by atomic mass is 16.6. The van der Waals surface area contributed by atoms with Crippen molar-refractivity contribution in [3.05, 3.63) is 35.9 Å². The van der Waals surface area contributed by atoms with Crippen LogP contribution in [0.3, 0.4) is 0 Å². The van der Waals surface area contributed by atoms with Crippen molar-refractivity contribution in [2.24, 2.45) is 11.3 Å². The van der Waals surface area contributed by atoms with Gasteiger partial charge in [-0.1, -0.05) is 37.3 Å². The zero-order valence-corrected chi connectivity index (χ0v) is 15.6. The monoisotopic (exact) mass is 330 g/mol. The SMILES string of the molecule is C[C@H](c1ccccc1)N1C[C@H]2CN(C(=O)OC(C)(C)C)C[C@@]2(C)C1. The van der Waals surface area contributed by atoms with Gasteiger partial charge >= 0.3 is 6.09 Å². The van der Waals surface area contributed by atoms with Crippen molar-refractivity contribution in [2.45, 2.75) is 46.3 Å². The van der Waals surface area contributed by atoms with E-state index in [-0.39, 0.29) is 11.5 Å². The number of amides is 1. The summed E-state index contributed by atoms with van der Waals surface area (Å²) in [5, 5.41) is 0. The van der Waals surface area contributed by atoms with E-state index in [1.807, 2.05) is 25.7 Å². The number of nitrogens with zero attached hydrogens (tertiary/aromatic N) is 2. The molecule has 2 aliphatic rings. The Kier molecular flexibility index (Phi) is 4.37. The van der Waals surface area contributed by atoms with Crippen molar-refractivity contribution in [3.63, 3.8) is 0 Å². The average molecular weight is 330 g/mol. The van der Waals surface area contributed by atoms with Gasteiger partial charge in [0.05, 0.1) is 0 Å². The summed E-state index contributed by atoms with van der Waals surface area (Å²) in [7, 11) is 0. The van der Waals surface area contributed by atoms with E-state index in [1.165, 1.54) is 5.56 Å². The van der Waals surface area contributed by atoms with Gasteiger partial charge in [-0.05, 0) is 39.2 Å². The van der Waals surface area contributed by atoms with Crippen LogP contribution in [-0.4, -0.2) is 47.7 Å². The van der Waals surface area contributed by atoms with E-state index in [4.69, 9.17) is 4.74 Å². The normalized spacial score (nSPS) is 28.7. The highest BCUT2D eigenvalue weighted by molar-refractivity contribution is 5.68. The molecule has 4 heteroatoms. The Balaban J connectivity index is 1.64. The van der Waals surface area contributed by atoms with Crippen molar-refractivity contribution in [1.82, 2.24) is 9.80 Å². The van der Waals surface area contributed by atoms with Crippen LogP contribution in [0.25, 0.3) is 0 Å². The molecule has 132 valence electrons. The molecule has 0 aromatic heterocycles. The van der Waals surface area contributed by atoms with E-state index in [0.29, 0.717) is 12.0 Å². The first kappa shape index (κ1) is 17.3. The van der Waals surface area contributed by atoms with Crippen LogP contribution in [0.4, 0.5) is 4.79 Å². The Hall–Kier alpha value is -1.55. The lowest BCUT2D eigenvalue weighted by molar-refractivity contribution is 0.0259. The lowest BCUT2D eigenvalue weighted by atomic mass is 9.83. The average Bonchev–Trinajstić information content (AvgIpc) is 2.97. The molecule has 2 aliphatic heterocycles. The van der Waals surface area contributed by atoms with E-state index in [9.17, 15) is 4.79 Å². The molecular weight excluding hydrogens is 300 g/mol. The van der Waals surface area contributed by atoms with Crippen LogP contribution < -0.4 is 0 Å². The molecular formula is C20H30N2O2. The number of rotatable bonds is 2. The number of fused-ring (bicyclic) bond motifs is 1. The highest BCUT2D eigenvalue weighted by Crippen LogP contribution is 2.44. The standard InChI is InChI=1S/C20H30N2O2/c1-15(16-9-7-6-8-10-16)21-11-17-12-22(14-20(17,5)13-21)18(23)24-19(2,3)4/h6-10,15,17H,11-14H2,1-5H3/t15-,17+,20-/m1/s1. The van der Waals surface area contributed by atoms with Gasteiger partial charge in [0.1, 0.15) is 5.60 Å². The third kappa shape index (κ3) is 3.44. The molecule has 1 aromatic rings. The minimum Gasteiger partial charge on any atom is -0.444 e. The number of hydrogen-bond donors (Lipinski definition) is 0. The summed E-state index contributed by atoms with van der Waals surface area (Å²) in [6.07, 6.45) is -0.166. The molecule has 2 saturated heterocycles. The fourth-order valence-electron chi connectivity index (χ4n) is 4.09. The molecule has 0 saturated carbocycles. The second kappa shape index (κ2) is 6.07. The van der Waals surface area contributed by atoms with Crippen LogP contribution in [-0.2, 0) is 4.74 Å². The number of likely N-dealkylation sites (tertiary alicyclic amines) is 2. The van der Waals surface area contributed by atoms with Crippen molar-refractivity contribution in [2.75, 3.05) is 26.2 Å². The second-order valence-corrected chi connectivity index (χ2v) is 8.73. The molecule has 4 nitrogen and oxygen atoms in total. The lowest BCUT2D eigenvalue weighted by Crippen LogP contribution is -2.39. The molecule has 2 fully saturated rings. The summed E-state index contributed by atoms with van der Waals surface area (Å²) in [5.74, 6) is 0.524. The summed E-state index contributed by atoms with van der Waals surface area (Å²) < 4.78 is 5.55. The first-order valence-corrected chi connectivity index (χ1v) is 8.95. The van der Waals surface area contributed by atoms with Crippen LogP contribution >= 0.6 is 0 Å². The molecule has 0 unspecified atom stereocenters. The maximum absolute atomic E-state index is 12.4. The van der Waals surface area contributed by atoms with Gasteiger partial charge < -0.3 is 9.64 Å². The molecule has 0 bridgehead atoms. The van der Waals surface area contributed by atoms with Gasteiger partial charge in [0.25, 0.3) is 0 Å². The van der Waals surface area contributed by atoms with Gasteiger partial charge in [-0.3, -0.25) is 4.90 Å². The number of carbonyl (C=O) groups is 1. The number of ether oxygens (including phenoxy) is 1. The van der Waals surface area contributed by atoms with Gasteiger partial charge in [-0.25, -0.2) is 4.79 Å². The largest absolute Gasteiger partial charge is 0.444 e. The van der Waals surface area contributed by atoms with E-state index in [2.05, 4.69) is 49.1 Å². The molecule has 0 spiro atoms. The van der Waals surface area contributed by atoms with Crippen LogP contribution in [0.2, 0.25) is 0 Å². The third-order valence-corrected chi connectivity index (χ3v) is 5.48. The molecule has 1 aromatic carbocycles. The zero-order chi connectivity index (χ0) is 17.5. The lowest BCUT2D eigenvalue weighted by Gasteiger charge is -2.30. The Morgan fingerprint density at radius 2 is 1.88 bits per heavy atom. The molecule has 24 heavy (non-hydrogen) atoms. The van der Waals surface area contributed by atoms with Gasteiger partial charge in [-0.2, -0.15) is 0 Å². The summed E-state index contributed by atoms with van der Waals surface area (Å²) in [6.45, 7) is 14.1. The Labute approximate surface area is 145 Å². The van der Waals surface area contributed by atoms with Crippen molar-refractivity contribution in [3.8, 4) is 0 Å². The quantitative estimate of drug-likeness (QED) is 0.823. The minimum atomic E-state index is -0.427. The summed E-state index contributed by atoms with van der Waals surface area (Å²) in [4.78, 5) is 16.8. The fourth-order valence-corrected chi connectivity index (χ4v) is 4.09. The van der Waals surface area contributed by atoms with Crippen LogP contribution in [0.15, 0.2) is 30.3 Å². The van der Waals surface area contributed by atoms with E-state index in [0.717, 1.165) is 26.2 Å². The summed E-state index contributed by atoms with van der Waals surface area (Å²) in [6, 6.07) is 11.1. The molecule has 2 heterocycles. The Morgan fingerprint density at radius 1 is 1.21 bits per heavy atom. The first-order valence-electron chi connectivity index (χ1n) is 8.95. The molecule has 0 aliphatic carbocycles. The van der Waals surface area contributed by atoms with Crippen LogP contribution in [0, 0.1) is 11.3 Å². The minimum absolute atomic E-state index is 0.166. The maximum atomic E-state index is 12.4. The fraction of sp³-hybridized carbons (Fsp3) is 0.650. The van der Waals surface area contributed by atoms with Gasteiger partial charge in [0.2, 0.25) is 0 Å². The molecule has 0 radical (unpaired) electrons. The van der Waals surface area contributed by atoms with Crippen molar-refractivity contribution < 1.29 is 9.53 Å². The molecule has 3 rings (SSSR count). The van der Waals surface area contributed by atoms with E-state index < -0.39 is 5.60 Å². The van der Waals surface area contributed by atoms with E-state index >= 15 is 0 Å². The topological polar surface area (TPSA) is 32.8 Å². The Morgan fingerprint density at radius 3 is 2.46 bits per heavy atom. The van der Waals surface area contributed by atoms with Crippen LogP contribution in [0.5, 0.6) is 0 Å². The maximum Gasteiger partial charge on any atom is 0.410 e. The smallest absolute Gasteiger partial charge is 0.410 e. The number of benzene rings is 1. The molecule has 3 atom stereocenters. The van der Waals surface area contributed by atoms with Crippen LogP contribution in [0.1, 0.15) is 46.2 Å². The number of hydrogen-bond acceptors (Lipinski definition) is 3. The zero-order valence-electron chi connectivity index (χ0n) is 15.6. The predicted octanol–water partition coefficient (Wildman–Crippen LogP) is 3.94. The third-order valence-electron chi connectivity index (χ3n) is 5.48. The number of carbonyl (C=O) groups excluding carboxylic acids is 1. The first-order chi connectivity index (χ1) is 11.2. The highest BCUT2D eigenvalue weighted by Gasteiger charge is 2.51. The Bertz CT molecular complexity index is 595. The molecule has 0 N–H and O–H groups in total. The van der Waals surface area contributed by atoms with Crippen molar-refractivity contribution >= 4 is 6.09 Å². The van der Waals surface area contributed by atoms with Crippen molar-refractivity contribution in [1.29, 1.82) is 0 Å². The summed E-state index contributed by atoms with van der Waals surface area (Å²) in [5.41, 5.74) is 1.11. The second-order valence-electron chi connectivity index (χ2n) is 8.73.